The van der Waals surface area contributed by atoms with Crippen molar-refractivity contribution >= 4 is 17.2 Å². The van der Waals surface area contributed by atoms with E-state index in [4.69, 9.17) is 16.4 Å². The molecule has 0 radical (unpaired) electrons. The van der Waals surface area contributed by atoms with E-state index in [-0.39, 0.29) is 5.49 Å². The van der Waals surface area contributed by atoms with Crippen LogP contribution in [0.3, 0.4) is 0 Å². The smallest absolute Gasteiger partial charge is 0.149 e. The van der Waals surface area contributed by atoms with Crippen molar-refractivity contribution in [2.24, 2.45) is 10.9 Å². The summed E-state index contributed by atoms with van der Waals surface area (Å²) in [5.74, 6) is 0.704. The Kier molecular flexibility index (Phi) is 6.42. The lowest BCUT2D eigenvalue weighted by Crippen LogP contribution is -2.22. The SMILES string of the molecule is C\C=C(N)/C=C\C=C\C=C(/Nc1ccc2c(c1)CC/C2=N\O)n1ccncc1=N. The molecular weight excluding hydrogens is 364 g/mol. The van der Waals surface area contributed by atoms with E-state index in [1.807, 2.05) is 61.6 Å². The molecule has 0 unspecified atom stereocenters. The van der Waals surface area contributed by atoms with Crippen LogP contribution in [0, 0.1) is 5.41 Å². The quantitative estimate of drug-likeness (QED) is 0.345. The van der Waals surface area contributed by atoms with E-state index >= 15 is 0 Å². The molecule has 1 aliphatic carbocycles. The van der Waals surface area contributed by atoms with Crippen molar-refractivity contribution in [1.82, 2.24) is 9.55 Å². The number of benzene rings is 1. The largest absolute Gasteiger partial charge is 0.411 e. The molecule has 0 spiro atoms. The standard InChI is InChI=1S/C22H24N6O/c1-2-17(23)6-4-3-5-7-22(28-13-12-25-15-21(28)24)26-18-9-10-19-16(14-18)8-11-20(19)27-29/h2-7,9-10,12-15,24,26,29H,8,11,23H2,1H3/b5-3+,6-4-,17-2+,22-7+,24-21?,27-20+. The van der Waals surface area contributed by atoms with Gasteiger partial charge in [-0.25, -0.2) is 0 Å². The zero-order chi connectivity index (χ0) is 20.6. The number of nitrogens with zero attached hydrogens (tertiary/aromatic N) is 3. The Hall–Kier alpha value is -3.87. The summed E-state index contributed by atoms with van der Waals surface area (Å²) in [5.41, 5.74) is 10.4. The van der Waals surface area contributed by atoms with Gasteiger partial charge in [0.1, 0.15) is 11.3 Å². The number of rotatable bonds is 6. The van der Waals surface area contributed by atoms with Crippen molar-refractivity contribution in [3.8, 4) is 0 Å². The summed E-state index contributed by atoms with van der Waals surface area (Å²) < 4.78 is 1.70. The van der Waals surface area contributed by atoms with Crippen LogP contribution in [0.15, 0.2) is 84.1 Å². The molecule has 7 nitrogen and oxygen atoms in total. The third kappa shape index (κ3) is 4.90. The van der Waals surface area contributed by atoms with E-state index in [1.54, 1.807) is 17.0 Å². The molecule has 0 saturated carbocycles. The number of aryl methyl sites for hydroxylation is 1. The molecule has 3 rings (SSSR count). The number of nitrogens with one attached hydrogen (secondary N) is 2. The zero-order valence-corrected chi connectivity index (χ0v) is 16.2. The van der Waals surface area contributed by atoms with E-state index in [0.29, 0.717) is 11.5 Å². The van der Waals surface area contributed by atoms with Crippen molar-refractivity contribution in [3.05, 3.63) is 95.6 Å². The normalized spacial score (nSPS) is 16.1. The number of oxime groups is 1. The van der Waals surface area contributed by atoms with Crippen LogP contribution < -0.4 is 16.5 Å². The molecule has 0 atom stereocenters. The highest BCUT2D eigenvalue weighted by Gasteiger charge is 2.18. The second-order valence-electron chi connectivity index (χ2n) is 6.46. The van der Waals surface area contributed by atoms with Crippen LogP contribution >= 0.6 is 0 Å². The number of hydrogen-bond acceptors (Lipinski definition) is 6. The van der Waals surface area contributed by atoms with Gasteiger partial charge in [0.15, 0.2) is 0 Å². The lowest BCUT2D eigenvalue weighted by Gasteiger charge is -2.14. The lowest BCUT2D eigenvalue weighted by molar-refractivity contribution is 0.318. The molecular formula is C22H24N6O. The van der Waals surface area contributed by atoms with E-state index in [0.717, 1.165) is 35.4 Å². The summed E-state index contributed by atoms with van der Waals surface area (Å²) in [6, 6.07) is 5.93. The summed E-state index contributed by atoms with van der Waals surface area (Å²) >= 11 is 0. The van der Waals surface area contributed by atoms with Crippen molar-refractivity contribution in [2.45, 2.75) is 19.8 Å². The summed E-state index contributed by atoms with van der Waals surface area (Å²) in [6.45, 7) is 1.88. The number of anilines is 1. The van der Waals surface area contributed by atoms with E-state index in [1.165, 1.54) is 6.20 Å². The van der Waals surface area contributed by atoms with Crippen LogP contribution in [0.25, 0.3) is 5.82 Å². The summed E-state index contributed by atoms with van der Waals surface area (Å²) in [4.78, 5) is 3.99. The molecule has 1 aromatic carbocycles. The molecule has 148 valence electrons. The van der Waals surface area contributed by atoms with Gasteiger partial charge in [0.25, 0.3) is 0 Å². The summed E-state index contributed by atoms with van der Waals surface area (Å²) in [7, 11) is 0. The van der Waals surface area contributed by atoms with Crippen molar-refractivity contribution < 1.29 is 5.21 Å². The van der Waals surface area contributed by atoms with Crippen LogP contribution in [-0.2, 0) is 6.42 Å². The molecule has 7 heteroatoms. The molecule has 29 heavy (non-hydrogen) atoms. The van der Waals surface area contributed by atoms with Crippen LogP contribution in [0.5, 0.6) is 0 Å². The Balaban J connectivity index is 1.89. The number of allylic oxidation sites excluding steroid dienone is 6. The highest BCUT2D eigenvalue weighted by Crippen LogP contribution is 2.26. The highest BCUT2D eigenvalue weighted by molar-refractivity contribution is 6.04. The van der Waals surface area contributed by atoms with Gasteiger partial charge in [0.2, 0.25) is 0 Å². The van der Waals surface area contributed by atoms with E-state index < -0.39 is 0 Å². The Morgan fingerprint density at radius 2 is 2.17 bits per heavy atom. The molecule has 0 bridgehead atoms. The predicted octanol–water partition coefficient (Wildman–Crippen LogP) is 3.37. The molecule has 0 saturated heterocycles. The maximum atomic E-state index is 9.11. The first-order valence-electron chi connectivity index (χ1n) is 9.28. The second kappa shape index (κ2) is 9.36. The third-order valence-corrected chi connectivity index (χ3v) is 4.56. The van der Waals surface area contributed by atoms with Gasteiger partial charge in [-0.15, -0.1) is 0 Å². The number of nitrogens with two attached hydrogens (primary N) is 1. The molecule has 0 aliphatic heterocycles. The average Bonchev–Trinajstić information content (AvgIpc) is 3.15. The minimum absolute atomic E-state index is 0.254. The zero-order valence-electron chi connectivity index (χ0n) is 16.2. The third-order valence-electron chi connectivity index (χ3n) is 4.56. The van der Waals surface area contributed by atoms with Gasteiger partial charge < -0.3 is 16.3 Å². The molecule has 2 aromatic rings. The predicted molar refractivity (Wildman–Crippen MR) is 115 cm³/mol. The Bertz CT molecular complexity index is 1090. The maximum absolute atomic E-state index is 9.11. The van der Waals surface area contributed by atoms with Crippen molar-refractivity contribution in [3.63, 3.8) is 0 Å². The molecule has 1 heterocycles. The first-order valence-corrected chi connectivity index (χ1v) is 9.28. The topological polar surface area (TPSA) is 112 Å². The Morgan fingerprint density at radius 1 is 1.31 bits per heavy atom. The van der Waals surface area contributed by atoms with Gasteiger partial charge in [-0.3, -0.25) is 15.0 Å². The van der Waals surface area contributed by atoms with Gasteiger partial charge in [0.05, 0.1) is 11.9 Å². The number of fused-ring (bicyclic) bond motifs is 1. The van der Waals surface area contributed by atoms with Gasteiger partial charge >= 0.3 is 0 Å². The van der Waals surface area contributed by atoms with Gasteiger partial charge in [-0.2, -0.15) is 0 Å². The van der Waals surface area contributed by atoms with Gasteiger partial charge in [0, 0.05) is 29.3 Å². The molecule has 0 fully saturated rings. The molecule has 0 amide bonds. The maximum Gasteiger partial charge on any atom is 0.149 e. The minimum atomic E-state index is 0.254. The number of aromatic nitrogens is 2. The monoisotopic (exact) mass is 388 g/mol. The highest BCUT2D eigenvalue weighted by atomic mass is 16.4. The molecule has 1 aliphatic rings. The fourth-order valence-electron chi connectivity index (χ4n) is 3.03. The van der Waals surface area contributed by atoms with E-state index in [9.17, 15) is 0 Å². The fourth-order valence-corrected chi connectivity index (χ4v) is 3.03. The average molecular weight is 388 g/mol. The second-order valence-corrected chi connectivity index (χ2v) is 6.46. The van der Waals surface area contributed by atoms with E-state index in [2.05, 4.69) is 15.5 Å². The van der Waals surface area contributed by atoms with Crippen LogP contribution in [0.2, 0.25) is 0 Å². The summed E-state index contributed by atoms with van der Waals surface area (Å²) in [6.07, 6.45) is 17.5. The van der Waals surface area contributed by atoms with Crippen LogP contribution in [0.1, 0.15) is 24.5 Å². The lowest BCUT2D eigenvalue weighted by atomic mass is 10.1. The molecule has 1 aromatic heterocycles. The van der Waals surface area contributed by atoms with Crippen LogP contribution in [0.4, 0.5) is 5.69 Å². The van der Waals surface area contributed by atoms with Gasteiger partial charge in [-0.05, 0) is 49.6 Å². The first-order chi connectivity index (χ1) is 14.1. The van der Waals surface area contributed by atoms with Gasteiger partial charge in [-0.1, -0.05) is 35.5 Å². The fraction of sp³-hybridized carbons (Fsp3) is 0.136. The molecule has 5 N–H and O–H groups in total. The summed E-state index contributed by atoms with van der Waals surface area (Å²) in [5, 5.41) is 24.0. The van der Waals surface area contributed by atoms with Crippen molar-refractivity contribution in [1.29, 1.82) is 5.41 Å². The van der Waals surface area contributed by atoms with Crippen molar-refractivity contribution in [2.75, 3.05) is 5.32 Å². The minimum Gasteiger partial charge on any atom is -0.411 e. The Morgan fingerprint density at radius 3 is 2.93 bits per heavy atom. The first kappa shape index (κ1) is 19.9. The van der Waals surface area contributed by atoms with Crippen LogP contribution in [-0.4, -0.2) is 20.5 Å². The number of hydrogen-bond donors (Lipinski definition) is 4. The Labute approximate surface area is 169 Å².